The van der Waals surface area contributed by atoms with Crippen LogP contribution in [-0.4, -0.2) is 10.9 Å². The van der Waals surface area contributed by atoms with Crippen LogP contribution in [-0.2, 0) is 0 Å². The van der Waals surface area contributed by atoms with Crippen LogP contribution in [0.4, 0.5) is 5.13 Å². The molecule has 146 valence electrons. The predicted octanol–water partition coefficient (Wildman–Crippen LogP) is 5.60. The van der Waals surface area contributed by atoms with Gasteiger partial charge in [-0.15, -0.1) is 11.3 Å². The fourth-order valence-corrected chi connectivity index (χ4v) is 3.99. The second-order valence-electron chi connectivity index (χ2n) is 7.12. The highest BCUT2D eigenvalue weighted by Gasteiger charge is 2.19. The van der Waals surface area contributed by atoms with Gasteiger partial charge in [0.1, 0.15) is 5.76 Å². The number of amides is 1. The van der Waals surface area contributed by atoms with E-state index in [9.17, 15) is 9.59 Å². The molecule has 0 saturated carbocycles. The summed E-state index contributed by atoms with van der Waals surface area (Å²) < 4.78 is 6.12. The van der Waals surface area contributed by atoms with Crippen LogP contribution in [0.3, 0.4) is 0 Å². The standard InChI is InChI=1S/C23H20N2O3S/c1-13(2)18-12-29-23(24-18)25-22(27)17-11-7-10-16-19(26)14(3)20(28-21(16)17)15-8-5-4-6-9-15/h4-13H,1-3H3,(H,24,25,27). The first-order valence-corrected chi connectivity index (χ1v) is 10.2. The Hall–Kier alpha value is -3.25. The number of thiazole rings is 1. The van der Waals surface area contributed by atoms with Gasteiger partial charge in [0, 0.05) is 16.5 Å². The summed E-state index contributed by atoms with van der Waals surface area (Å²) in [5.74, 6) is 0.398. The molecule has 1 N–H and O–H groups in total. The molecular formula is C23H20N2O3S. The van der Waals surface area contributed by atoms with E-state index in [1.807, 2.05) is 49.6 Å². The maximum Gasteiger partial charge on any atom is 0.261 e. The first-order valence-electron chi connectivity index (χ1n) is 9.34. The number of nitrogens with zero attached hydrogens (tertiary/aromatic N) is 1. The minimum Gasteiger partial charge on any atom is -0.455 e. The van der Waals surface area contributed by atoms with Crippen molar-refractivity contribution in [1.29, 1.82) is 0 Å². The Morgan fingerprint density at radius 2 is 1.86 bits per heavy atom. The summed E-state index contributed by atoms with van der Waals surface area (Å²) in [5, 5.41) is 5.66. The summed E-state index contributed by atoms with van der Waals surface area (Å²) in [5.41, 5.74) is 2.68. The molecule has 0 unspecified atom stereocenters. The molecule has 0 aliphatic carbocycles. The predicted molar refractivity (Wildman–Crippen MR) is 117 cm³/mol. The van der Waals surface area contributed by atoms with Gasteiger partial charge in [-0.1, -0.05) is 50.2 Å². The van der Waals surface area contributed by atoms with Crippen LogP contribution in [0.2, 0.25) is 0 Å². The zero-order valence-corrected chi connectivity index (χ0v) is 17.2. The normalized spacial score (nSPS) is 11.2. The molecule has 0 fully saturated rings. The second-order valence-corrected chi connectivity index (χ2v) is 7.98. The topological polar surface area (TPSA) is 72.2 Å². The molecule has 0 aliphatic rings. The van der Waals surface area contributed by atoms with Gasteiger partial charge in [-0.05, 0) is 25.0 Å². The Morgan fingerprint density at radius 1 is 1.10 bits per heavy atom. The van der Waals surface area contributed by atoms with Crippen molar-refractivity contribution in [2.45, 2.75) is 26.7 Å². The fraction of sp³-hybridized carbons (Fsp3) is 0.174. The fourth-order valence-electron chi connectivity index (χ4n) is 3.13. The Bertz CT molecular complexity index is 1260. The lowest BCUT2D eigenvalue weighted by atomic mass is 10.0. The number of nitrogens with one attached hydrogen (secondary N) is 1. The summed E-state index contributed by atoms with van der Waals surface area (Å²) >= 11 is 1.38. The van der Waals surface area contributed by atoms with Gasteiger partial charge in [-0.25, -0.2) is 4.98 Å². The highest BCUT2D eigenvalue weighted by atomic mass is 32.1. The molecule has 2 aromatic carbocycles. The highest BCUT2D eigenvalue weighted by molar-refractivity contribution is 7.14. The molecule has 0 saturated heterocycles. The Labute approximate surface area is 172 Å². The van der Waals surface area contributed by atoms with E-state index < -0.39 is 0 Å². The SMILES string of the molecule is Cc1c(-c2ccccc2)oc2c(C(=O)Nc3nc(C(C)C)cs3)cccc2c1=O. The van der Waals surface area contributed by atoms with Crippen LogP contribution in [0.15, 0.2) is 63.1 Å². The van der Waals surface area contributed by atoms with Crippen LogP contribution in [0.1, 0.15) is 41.4 Å². The average molecular weight is 404 g/mol. The molecular weight excluding hydrogens is 384 g/mol. The van der Waals surface area contributed by atoms with Crippen molar-refractivity contribution in [2.75, 3.05) is 5.32 Å². The molecule has 6 heteroatoms. The second kappa shape index (κ2) is 7.64. The van der Waals surface area contributed by atoms with Crippen LogP contribution < -0.4 is 10.7 Å². The van der Waals surface area contributed by atoms with E-state index in [0.29, 0.717) is 27.4 Å². The van der Waals surface area contributed by atoms with Gasteiger partial charge < -0.3 is 4.42 Å². The smallest absolute Gasteiger partial charge is 0.261 e. The minimum atomic E-state index is -0.355. The van der Waals surface area contributed by atoms with E-state index in [-0.39, 0.29) is 22.8 Å². The number of para-hydroxylation sites is 1. The lowest BCUT2D eigenvalue weighted by molar-refractivity contribution is 0.102. The monoisotopic (exact) mass is 404 g/mol. The number of carbonyl (C=O) groups is 1. The molecule has 0 aliphatic heterocycles. The highest BCUT2D eigenvalue weighted by Crippen LogP contribution is 2.28. The summed E-state index contributed by atoms with van der Waals surface area (Å²) in [6.45, 7) is 5.84. The van der Waals surface area contributed by atoms with Gasteiger partial charge in [0.25, 0.3) is 5.91 Å². The van der Waals surface area contributed by atoms with E-state index in [4.69, 9.17) is 4.42 Å². The van der Waals surface area contributed by atoms with Crippen molar-refractivity contribution in [3.05, 3.63) is 81.0 Å². The van der Waals surface area contributed by atoms with Crippen LogP contribution >= 0.6 is 11.3 Å². The third-order valence-corrected chi connectivity index (χ3v) is 5.54. The van der Waals surface area contributed by atoms with Crippen molar-refractivity contribution in [3.8, 4) is 11.3 Å². The lowest BCUT2D eigenvalue weighted by Crippen LogP contribution is -2.15. The molecule has 0 spiro atoms. The number of rotatable bonds is 4. The van der Waals surface area contributed by atoms with Gasteiger partial charge in [-0.3, -0.25) is 14.9 Å². The van der Waals surface area contributed by atoms with E-state index in [0.717, 1.165) is 11.3 Å². The van der Waals surface area contributed by atoms with Crippen molar-refractivity contribution < 1.29 is 9.21 Å². The number of fused-ring (bicyclic) bond motifs is 1. The molecule has 0 atom stereocenters. The summed E-state index contributed by atoms with van der Waals surface area (Å²) in [6, 6.07) is 14.4. The molecule has 0 bridgehead atoms. The molecule has 2 heterocycles. The van der Waals surface area contributed by atoms with Crippen molar-refractivity contribution in [1.82, 2.24) is 4.98 Å². The van der Waals surface area contributed by atoms with Crippen LogP contribution in [0.25, 0.3) is 22.3 Å². The van der Waals surface area contributed by atoms with Gasteiger partial charge in [-0.2, -0.15) is 0 Å². The number of anilines is 1. The van der Waals surface area contributed by atoms with E-state index in [1.165, 1.54) is 11.3 Å². The van der Waals surface area contributed by atoms with Crippen LogP contribution in [0, 0.1) is 6.92 Å². The quantitative estimate of drug-likeness (QED) is 0.480. The van der Waals surface area contributed by atoms with E-state index in [2.05, 4.69) is 10.3 Å². The first-order chi connectivity index (χ1) is 14.0. The maximum absolute atomic E-state index is 12.9. The van der Waals surface area contributed by atoms with E-state index in [1.54, 1.807) is 25.1 Å². The zero-order chi connectivity index (χ0) is 20.5. The van der Waals surface area contributed by atoms with E-state index >= 15 is 0 Å². The lowest BCUT2D eigenvalue weighted by Gasteiger charge is -2.10. The van der Waals surface area contributed by atoms with Gasteiger partial charge in [0.2, 0.25) is 0 Å². The Kier molecular flexibility index (Phi) is 5.03. The number of hydrogen-bond acceptors (Lipinski definition) is 5. The van der Waals surface area contributed by atoms with Crippen molar-refractivity contribution in [2.24, 2.45) is 0 Å². The molecule has 2 aromatic heterocycles. The first kappa shape index (κ1) is 19.1. The van der Waals surface area contributed by atoms with Gasteiger partial charge in [0.05, 0.1) is 16.6 Å². The van der Waals surface area contributed by atoms with Crippen molar-refractivity contribution >= 4 is 33.3 Å². The van der Waals surface area contributed by atoms with Gasteiger partial charge >= 0.3 is 0 Å². The summed E-state index contributed by atoms with van der Waals surface area (Å²) in [4.78, 5) is 30.3. The number of carbonyl (C=O) groups excluding carboxylic acids is 1. The average Bonchev–Trinajstić information content (AvgIpc) is 3.19. The molecule has 1 amide bonds. The molecule has 5 nitrogen and oxygen atoms in total. The third-order valence-electron chi connectivity index (χ3n) is 4.76. The number of benzene rings is 2. The van der Waals surface area contributed by atoms with Gasteiger partial charge in [0.15, 0.2) is 16.1 Å². The minimum absolute atomic E-state index is 0.143. The van der Waals surface area contributed by atoms with Crippen molar-refractivity contribution in [3.63, 3.8) is 0 Å². The molecule has 29 heavy (non-hydrogen) atoms. The largest absolute Gasteiger partial charge is 0.455 e. The number of hydrogen-bond donors (Lipinski definition) is 1. The molecule has 4 aromatic rings. The maximum atomic E-state index is 12.9. The van der Waals surface area contributed by atoms with Crippen LogP contribution in [0.5, 0.6) is 0 Å². The molecule has 0 radical (unpaired) electrons. The number of aromatic nitrogens is 1. The Morgan fingerprint density at radius 3 is 2.55 bits per heavy atom. The Balaban J connectivity index is 1.81. The molecule has 4 rings (SSSR count). The third kappa shape index (κ3) is 3.59. The summed E-state index contributed by atoms with van der Waals surface area (Å²) in [7, 11) is 0. The summed E-state index contributed by atoms with van der Waals surface area (Å²) in [6.07, 6.45) is 0. The zero-order valence-electron chi connectivity index (χ0n) is 16.4.